The predicted octanol–water partition coefficient (Wildman–Crippen LogP) is 5.32. The summed E-state index contributed by atoms with van der Waals surface area (Å²) in [5.41, 5.74) is 3.80. The van der Waals surface area contributed by atoms with Crippen LogP contribution >= 0.6 is 0 Å². The third kappa shape index (κ3) is 7.05. The van der Waals surface area contributed by atoms with Crippen molar-refractivity contribution >= 4 is 17.5 Å². The van der Waals surface area contributed by atoms with Crippen molar-refractivity contribution in [3.05, 3.63) is 83.2 Å². The highest BCUT2D eigenvalue weighted by molar-refractivity contribution is 5.95. The molecule has 8 heteroatoms. The molecular weight excluding hydrogens is 516 g/mol. The molecule has 8 nitrogen and oxygen atoms in total. The largest absolute Gasteiger partial charge is 0.375 e. The van der Waals surface area contributed by atoms with E-state index in [1.807, 2.05) is 40.1 Å². The number of amides is 2. The quantitative estimate of drug-likeness (QED) is 0.391. The molecule has 0 N–H and O–H groups in total. The standard InChI is InChI=1S/C33H42N4O4/c1-24(2)18-27-19-31(41-34-27)33(39)35-21-26-12-7-8-15-30(26)36(32(38)23-40-3)17-16-28-13-9-14-29(22-35)37(28)20-25-10-5-4-6-11-25/h4-8,10-12,15,19,24,28-29H,9,13-14,16-18,20-23H2,1-3H3. The highest BCUT2D eigenvalue weighted by atomic mass is 16.5. The Balaban J connectivity index is 1.54. The maximum atomic E-state index is 14.1. The number of hydrogen-bond acceptors (Lipinski definition) is 6. The average molecular weight is 559 g/mol. The Morgan fingerprint density at radius 3 is 2.56 bits per heavy atom. The summed E-state index contributed by atoms with van der Waals surface area (Å²) in [4.78, 5) is 33.8. The lowest BCUT2D eigenvalue weighted by atomic mass is 9.92. The van der Waals surface area contributed by atoms with Crippen LogP contribution in [0.15, 0.2) is 65.2 Å². The molecule has 1 aromatic heterocycles. The molecular formula is C33H42N4O4. The molecule has 0 spiro atoms. The van der Waals surface area contributed by atoms with Crippen molar-refractivity contribution in [3.63, 3.8) is 0 Å². The van der Waals surface area contributed by atoms with E-state index in [-0.39, 0.29) is 36.3 Å². The van der Waals surface area contributed by atoms with E-state index in [2.05, 4.69) is 48.2 Å². The zero-order valence-electron chi connectivity index (χ0n) is 24.5. The van der Waals surface area contributed by atoms with Gasteiger partial charge < -0.3 is 19.1 Å². The molecule has 2 atom stereocenters. The summed E-state index contributed by atoms with van der Waals surface area (Å²) in [6.45, 7) is 6.59. The van der Waals surface area contributed by atoms with Crippen LogP contribution in [-0.2, 0) is 29.0 Å². The summed E-state index contributed by atoms with van der Waals surface area (Å²) in [6.07, 6.45) is 4.76. The van der Waals surface area contributed by atoms with E-state index < -0.39 is 0 Å². The Bertz CT molecular complexity index is 1310. The first kappa shape index (κ1) is 29.0. The van der Waals surface area contributed by atoms with Crippen molar-refractivity contribution in [2.24, 2.45) is 5.92 Å². The number of anilines is 1. The lowest BCUT2D eigenvalue weighted by Gasteiger charge is -2.44. The molecule has 0 saturated carbocycles. The van der Waals surface area contributed by atoms with Crippen LogP contribution in [0.4, 0.5) is 5.69 Å². The van der Waals surface area contributed by atoms with Crippen LogP contribution in [-0.4, -0.2) is 65.7 Å². The van der Waals surface area contributed by atoms with Gasteiger partial charge >= 0.3 is 0 Å². The number of benzene rings is 2. The second-order valence-electron chi connectivity index (χ2n) is 11.8. The van der Waals surface area contributed by atoms with Gasteiger partial charge in [0.15, 0.2) is 0 Å². The highest BCUT2D eigenvalue weighted by Crippen LogP contribution is 2.32. The number of nitrogens with zero attached hydrogens (tertiary/aromatic N) is 4. The topological polar surface area (TPSA) is 79.1 Å². The summed E-state index contributed by atoms with van der Waals surface area (Å²) in [6, 6.07) is 20.7. The molecule has 41 heavy (non-hydrogen) atoms. The minimum Gasteiger partial charge on any atom is -0.375 e. The van der Waals surface area contributed by atoms with Gasteiger partial charge in [-0.25, -0.2) is 0 Å². The van der Waals surface area contributed by atoms with E-state index in [0.29, 0.717) is 25.6 Å². The monoisotopic (exact) mass is 558 g/mol. The van der Waals surface area contributed by atoms with Gasteiger partial charge in [0, 0.05) is 57.1 Å². The van der Waals surface area contributed by atoms with Crippen LogP contribution in [0.5, 0.6) is 0 Å². The van der Waals surface area contributed by atoms with Gasteiger partial charge in [0.25, 0.3) is 11.8 Å². The van der Waals surface area contributed by atoms with Crippen molar-refractivity contribution in [1.82, 2.24) is 15.0 Å². The molecule has 1 fully saturated rings. The number of ether oxygens (including phenoxy) is 1. The highest BCUT2D eigenvalue weighted by Gasteiger charge is 2.35. The van der Waals surface area contributed by atoms with Crippen LogP contribution in [0, 0.1) is 5.92 Å². The summed E-state index contributed by atoms with van der Waals surface area (Å²) < 4.78 is 10.9. The minimum atomic E-state index is -0.168. The zero-order valence-corrected chi connectivity index (χ0v) is 24.5. The van der Waals surface area contributed by atoms with Gasteiger partial charge in [0.05, 0.1) is 5.69 Å². The Kier molecular flexibility index (Phi) is 9.52. The number of para-hydroxylation sites is 1. The van der Waals surface area contributed by atoms with E-state index in [1.165, 1.54) is 5.56 Å². The summed E-state index contributed by atoms with van der Waals surface area (Å²) in [7, 11) is 1.55. The fraction of sp³-hybridized carbons (Fsp3) is 0.485. The molecule has 5 rings (SSSR count). The number of piperidine rings is 1. The first-order valence-corrected chi connectivity index (χ1v) is 14.8. The van der Waals surface area contributed by atoms with Crippen LogP contribution in [0.3, 0.4) is 0 Å². The van der Waals surface area contributed by atoms with Crippen LogP contribution in [0.1, 0.15) is 66.9 Å². The molecule has 2 aliphatic rings. The Hall–Kier alpha value is -3.49. The number of carbonyl (C=O) groups excluding carboxylic acids is 2. The van der Waals surface area contributed by atoms with Gasteiger partial charge in [-0.2, -0.15) is 0 Å². The fourth-order valence-electron chi connectivity index (χ4n) is 6.31. The first-order valence-electron chi connectivity index (χ1n) is 14.8. The number of hydrogen-bond donors (Lipinski definition) is 0. The number of methoxy groups -OCH3 is 1. The van der Waals surface area contributed by atoms with Gasteiger partial charge in [-0.3, -0.25) is 14.5 Å². The molecule has 0 radical (unpaired) electrons. The minimum absolute atomic E-state index is 0.00862. The molecule has 2 aromatic carbocycles. The molecule has 2 amide bonds. The fourth-order valence-corrected chi connectivity index (χ4v) is 6.31. The maximum absolute atomic E-state index is 14.1. The molecule has 3 aromatic rings. The van der Waals surface area contributed by atoms with Crippen molar-refractivity contribution in [2.75, 3.05) is 31.7 Å². The Morgan fingerprint density at radius 1 is 1.02 bits per heavy atom. The second-order valence-corrected chi connectivity index (χ2v) is 11.8. The summed E-state index contributed by atoms with van der Waals surface area (Å²) in [5, 5.41) is 4.20. The van der Waals surface area contributed by atoms with Crippen LogP contribution < -0.4 is 4.90 Å². The van der Waals surface area contributed by atoms with Crippen molar-refractivity contribution in [3.8, 4) is 0 Å². The number of aromatic nitrogens is 1. The second kappa shape index (κ2) is 13.4. The molecule has 3 heterocycles. The lowest BCUT2D eigenvalue weighted by molar-refractivity contribution is -0.122. The number of rotatable bonds is 7. The summed E-state index contributed by atoms with van der Waals surface area (Å²) in [5.74, 6) is 0.432. The normalized spacial score (nSPS) is 20.0. The summed E-state index contributed by atoms with van der Waals surface area (Å²) >= 11 is 0. The van der Waals surface area contributed by atoms with E-state index in [9.17, 15) is 9.59 Å². The molecule has 2 unspecified atom stereocenters. The Morgan fingerprint density at radius 2 is 1.78 bits per heavy atom. The van der Waals surface area contributed by atoms with Crippen molar-refractivity contribution < 1.29 is 18.8 Å². The zero-order chi connectivity index (χ0) is 28.8. The number of fused-ring (bicyclic) bond motifs is 3. The average Bonchev–Trinajstić information content (AvgIpc) is 3.42. The van der Waals surface area contributed by atoms with Crippen molar-refractivity contribution in [1.29, 1.82) is 0 Å². The van der Waals surface area contributed by atoms with E-state index in [0.717, 1.165) is 55.6 Å². The first-order chi connectivity index (χ1) is 19.9. The van der Waals surface area contributed by atoms with Crippen molar-refractivity contribution in [2.45, 2.75) is 71.1 Å². The van der Waals surface area contributed by atoms with E-state index in [4.69, 9.17) is 9.26 Å². The van der Waals surface area contributed by atoms with Crippen LogP contribution in [0.2, 0.25) is 0 Å². The smallest absolute Gasteiger partial charge is 0.292 e. The van der Waals surface area contributed by atoms with Gasteiger partial charge in [-0.15, -0.1) is 0 Å². The molecule has 1 saturated heterocycles. The number of carbonyl (C=O) groups is 2. The van der Waals surface area contributed by atoms with E-state index >= 15 is 0 Å². The van der Waals surface area contributed by atoms with Crippen LogP contribution in [0.25, 0.3) is 0 Å². The third-order valence-electron chi connectivity index (χ3n) is 8.22. The third-order valence-corrected chi connectivity index (χ3v) is 8.22. The molecule has 218 valence electrons. The van der Waals surface area contributed by atoms with E-state index in [1.54, 1.807) is 13.2 Å². The van der Waals surface area contributed by atoms with Gasteiger partial charge in [0.1, 0.15) is 6.61 Å². The Labute approximate surface area is 243 Å². The van der Waals surface area contributed by atoms with Gasteiger partial charge in [-0.1, -0.05) is 74.0 Å². The predicted molar refractivity (Wildman–Crippen MR) is 158 cm³/mol. The SMILES string of the molecule is COCC(=O)N1CCC2CCCC(CN(C(=O)c3cc(CC(C)C)no3)Cc3ccccc31)N2Cc1ccccc1. The molecule has 0 aliphatic carbocycles. The molecule has 2 bridgehead atoms. The molecule has 2 aliphatic heterocycles. The maximum Gasteiger partial charge on any atom is 0.292 e. The van der Waals surface area contributed by atoms with Gasteiger partial charge in [0.2, 0.25) is 5.76 Å². The lowest BCUT2D eigenvalue weighted by Crippen LogP contribution is -2.52. The van der Waals surface area contributed by atoms with Gasteiger partial charge in [-0.05, 0) is 48.8 Å².